The molecule has 0 aliphatic heterocycles. The van der Waals surface area contributed by atoms with Crippen LogP contribution in [0.3, 0.4) is 0 Å². The zero-order chi connectivity index (χ0) is 32.9. The average Bonchev–Trinajstić information content (AvgIpc) is 2.96. The number of carboxylic acids is 1. The van der Waals surface area contributed by atoms with E-state index in [2.05, 4.69) is 50.3 Å². The van der Waals surface area contributed by atoms with Gasteiger partial charge < -0.3 is 23.8 Å². The Morgan fingerprint density at radius 3 is 1.86 bits per heavy atom. The van der Waals surface area contributed by atoms with Gasteiger partial charge in [0.05, 0.1) is 34.4 Å². The van der Waals surface area contributed by atoms with Gasteiger partial charge in [0.1, 0.15) is 6.61 Å². The third kappa shape index (κ3) is 26.0. The second-order valence-corrected chi connectivity index (χ2v) is 12.4. The van der Waals surface area contributed by atoms with E-state index in [4.69, 9.17) is 14.2 Å². The van der Waals surface area contributed by atoms with Crippen molar-refractivity contribution < 1.29 is 38.2 Å². The first-order chi connectivity index (χ1) is 21.1. The second kappa shape index (κ2) is 28.1. The molecular formula is C36H64NO7+. The Morgan fingerprint density at radius 2 is 1.25 bits per heavy atom. The topological polar surface area (TPSA) is 99.1 Å². The van der Waals surface area contributed by atoms with Gasteiger partial charge in [-0.25, -0.2) is 4.79 Å². The molecule has 0 bridgehead atoms. The first-order valence-corrected chi connectivity index (χ1v) is 17.0. The maximum Gasteiger partial charge on any atom is 0.362 e. The molecule has 44 heavy (non-hydrogen) atoms. The fourth-order valence-electron chi connectivity index (χ4n) is 4.54. The summed E-state index contributed by atoms with van der Waals surface area (Å²) < 4.78 is 17.0. The number of likely N-dealkylation sites (N-methyl/N-ethyl adjacent to an activating group) is 1. The highest BCUT2D eigenvalue weighted by atomic mass is 16.6. The number of allylic oxidation sites excluding steroid dienone is 6. The van der Waals surface area contributed by atoms with Crippen molar-refractivity contribution in [1.82, 2.24) is 0 Å². The van der Waals surface area contributed by atoms with Gasteiger partial charge in [-0.1, -0.05) is 88.8 Å². The molecule has 0 aliphatic rings. The van der Waals surface area contributed by atoms with Gasteiger partial charge in [-0.15, -0.1) is 0 Å². The molecule has 0 heterocycles. The molecule has 0 aromatic rings. The van der Waals surface area contributed by atoms with Gasteiger partial charge in [0.2, 0.25) is 0 Å². The normalized spacial score (nSPS) is 13.6. The Balaban J connectivity index is 4.57. The number of carbonyl (C=O) groups excluding carboxylic acids is 2. The largest absolute Gasteiger partial charge is 0.477 e. The van der Waals surface area contributed by atoms with Crippen molar-refractivity contribution >= 4 is 17.9 Å². The summed E-state index contributed by atoms with van der Waals surface area (Å²) in [5.74, 6) is -1.56. The number of hydrogen-bond donors (Lipinski definition) is 1. The molecule has 0 rings (SSSR count). The SMILES string of the molecule is CCCC/C=C/C=C/CCCCCC(=O)OCC(COCCC(C(=O)O)[N+](C)(C)C)OC(=O)CCC/C=C/CCCCCC. The van der Waals surface area contributed by atoms with Crippen LogP contribution in [-0.4, -0.2) is 80.6 Å². The van der Waals surface area contributed by atoms with Crippen LogP contribution in [0.4, 0.5) is 0 Å². The van der Waals surface area contributed by atoms with Crippen molar-refractivity contribution in [2.75, 3.05) is 41.0 Å². The Hall–Kier alpha value is -2.45. The van der Waals surface area contributed by atoms with Crippen LogP contribution < -0.4 is 0 Å². The van der Waals surface area contributed by atoms with E-state index in [1.807, 2.05) is 21.1 Å². The molecule has 0 aromatic carbocycles. The molecule has 0 fully saturated rings. The maximum absolute atomic E-state index is 12.5. The second-order valence-electron chi connectivity index (χ2n) is 12.4. The molecule has 1 N–H and O–H groups in total. The highest BCUT2D eigenvalue weighted by Gasteiger charge is 2.31. The molecule has 8 heteroatoms. The van der Waals surface area contributed by atoms with Gasteiger partial charge in [0.25, 0.3) is 0 Å². The number of carbonyl (C=O) groups is 3. The van der Waals surface area contributed by atoms with Crippen LogP contribution in [0.1, 0.15) is 123 Å². The number of esters is 2. The van der Waals surface area contributed by atoms with Crippen molar-refractivity contribution in [2.45, 2.75) is 135 Å². The summed E-state index contributed by atoms with van der Waals surface area (Å²) >= 11 is 0. The lowest BCUT2D eigenvalue weighted by Gasteiger charge is -2.31. The summed E-state index contributed by atoms with van der Waals surface area (Å²) in [5.41, 5.74) is 0. The lowest BCUT2D eigenvalue weighted by Crippen LogP contribution is -2.50. The van der Waals surface area contributed by atoms with E-state index in [0.717, 1.165) is 44.9 Å². The third-order valence-corrected chi connectivity index (χ3v) is 7.29. The zero-order valence-corrected chi connectivity index (χ0v) is 28.6. The third-order valence-electron chi connectivity index (χ3n) is 7.29. The predicted molar refractivity (Wildman–Crippen MR) is 178 cm³/mol. The molecule has 0 saturated carbocycles. The van der Waals surface area contributed by atoms with E-state index in [0.29, 0.717) is 19.3 Å². The first kappa shape index (κ1) is 41.5. The van der Waals surface area contributed by atoms with Crippen LogP contribution in [-0.2, 0) is 28.6 Å². The van der Waals surface area contributed by atoms with E-state index in [1.54, 1.807) is 0 Å². The number of ether oxygens (including phenoxy) is 3. The lowest BCUT2D eigenvalue weighted by atomic mass is 10.1. The highest BCUT2D eigenvalue weighted by Crippen LogP contribution is 2.11. The van der Waals surface area contributed by atoms with Crippen LogP contribution in [0.5, 0.6) is 0 Å². The van der Waals surface area contributed by atoms with Crippen LogP contribution in [0.2, 0.25) is 0 Å². The van der Waals surface area contributed by atoms with E-state index in [1.165, 1.54) is 38.5 Å². The van der Waals surface area contributed by atoms with Crippen molar-refractivity contribution in [3.05, 3.63) is 36.5 Å². The summed E-state index contributed by atoms with van der Waals surface area (Å²) in [6.45, 7) is 4.55. The number of rotatable bonds is 29. The van der Waals surface area contributed by atoms with Gasteiger partial charge in [-0.3, -0.25) is 9.59 Å². The van der Waals surface area contributed by atoms with E-state index >= 15 is 0 Å². The van der Waals surface area contributed by atoms with Crippen LogP contribution in [0, 0.1) is 0 Å². The van der Waals surface area contributed by atoms with Gasteiger partial charge in [0, 0.05) is 19.3 Å². The molecule has 8 nitrogen and oxygen atoms in total. The number of quaternary nitrogens is 1. The van der Waals surface area contributed by atoms with Crippen molar-refractivity contribution in [3.63, 3.8) is 0 Å². The van der Waals surface area contributed by atoms with Crippen LogP contribution >= 0.6 is 0 Å². The molecule has 2 unspecified atom stereocenters. The molecule has 2 atom stereocenters. The highest BCUT2D eigenvalue weighted by molar-refractivity contribution is 5.72. The lowest BCUT2D eigenvalue weighted by molar-refractivity contribution is -0.887. The number of hydrogen-bond acceptors (Lipinski definition) is 6. The standard InChI is InChI=1S/C36H63NO7/c1-6-8-10-12-14-16-17-19-20-22-24-26-34(38)43-31-32(30-42-29-28-33(36(40)41)37(3,4)5)44-35(39)27-25-23-21-18-15-13-11-9-7-2/h12,14,16-18,21,32-33H,6-11,13,15,19-20,22-31H2,1-5H3/p+1/b14-12+,17-16+,21-18+. The zero-order valence-electron chi connectivity index (χ0n) is 28.6. The summed E-state index contributed by atoms with van der Waals surface area (Å²) in [6.07, 6.45) is 27.7. The summed E-state index contributed by atoms with van der Waals surface area (Å²) in [7, 11) is 5.48. The molecule has 0 amide bonds. The fraction of sp³-hybridized carbons (Fsp3) is 0.750. The van der Waals surface area contributed by atoms with Crippen LogP contribution in [0.25, 0.3) is 0 Å². The number of aliphatic carboxylic acids is 1. The van der Waals surface area contributed by atoms with Crippen molar-refractivity contribution in [3.8, 4) is 0 Å². The Labute approximate surface area is 268 Å². The number of unbranched alkanes of at least 4 members (excludes halogenated alkanes) is 10. The minimum Gasteiger partial charge on any atom is -0.477 e. The molecule has 254 valence electrons. The van der Waals surface area contributed by atoms with Gasteiger partial charge >= 0.3 is 17.9 Å². The molecule has 0 saturated heterocycles. The maximum atomic E-state index is 12.5. The Kier molecular flexibility index (Phi) is 26.5. The molecule has 0 radical (unpaired) electrons. The molecule has 0 aliphatic carbocycles. The smallest absolute Gasteiger partial charge is 0.362 e. The molecule has 0 aromatic heterocycles. The van der Waals surface area contributed by atoms with E-state index in [9.17, 15) is 19.5 Å². The number of nitrogens with zero attached hydrogens (tertiary/aromatic N) is 1. The van der Waals surface area contributed by atoms with Gasteiger partial charge in [-0.05, 0) is 51.4 Å². The van der Waals surface area contributed by atoms with E-state index < -0.39 is 18.1 Å². The molecular weight excluding hydrogens is 558 g/mol. The minimum atomic E-state index is -0.886. The van der Waals surface area contributed by atoms with Gasteiger partial charge in [0.15, 0.2) is 12.1 Å². The van der Waals surface area contributed by atoms with Crippen molar-refractivity contribution in [2.24, 2.45) is 0 Å². The summed E-state index contributed by atoms with van der Waals surface area (Å²) in [6, 6.07) is -0.619. The first-order valence-electron chi connectivity index (χ1n) is 17.0. The Morgan fingerprint density at radius 1 is 0.682 bits per heavy atom. The van der Waals surface area contributed by atoms with E-state index in [-0.39, 0.29) is 42.7 Å². The summed E-state index contributed by atoms with van der Waals surface area (Å²) in [5, 5.41) is 9.54. The number of carboxylic acid groups (broad SMARTS) is 1. The van der Waals surface area contributed by atoms with Gasteiger partial charge in [-0.2, -0.15) is 0 Å². The summed E-state index contributed by atoms with van der Waals surface area (Å²) in [4.78, 5) is 36.5. The predicted octanol–water partition coefficient (Wildman–Crippen LogP) is 7.96. The van der Waals surface area contributed by atoms with Crippen molar-refractivity contribution in [1.29, 1.82) is 0 Å². The average molecular weight is 623 g/mol. The monoisotopic (exact) mass is 622 g/mol. The molecule has 0 spiro atoms. The minimum absolute atomic E-state index is 0.0411. The quantitative estimate of drug-likeness (QED) is 0.0297. The van der Waals surface area contributed by atoms with Crippen LogP contribution in [0.15, 0.2) is 36.5 Å². The Bertz CT molecular complexity index is 829. The fourth-order valence-corrected chi connectivity index (χ4v) is 4.54.